The molecule has 3 fully saturated rings. The third-order valence-electron chi connectivity index (χ3n) is 8.26. The van der Waals surface area contributed by atoms with Gasteiger partial charge in [0.1, 0.15) is 6.04 Å². The first-order valence-electron chi connectivity index (χ1n) is 14.0. The standard InChI is InChI=1S/C28H30N8O4S/c37-22-4-3-21(25(38)31-22)36-26(39)18-2-1-17(15-19(18)27(36)40)16-33-10-12-35(13-11-33)28-30-20-5-14-41-23(20)24(32-28)34-8-6-29-7-9-34/h1-2,5,14-15,21,29H,3-4,6-13,16H2,(H,31,37,38). The topological polar surface area (TPSA) is 131 Å². The Morgan fingerprint density at radius 2 is 1.66 bits per heavy atom. The van der Waals surface area contributed by atoms with E-state index in [1.807, 2.05) is 6.07 Å². The second-order valence-electron chi connectivity index (χ2n) is 10.8. The zero-order valence-electron chi connectivity index (χ0n) is 22.5. The minimum absolute atomic E-state index is 0.101. The molecule has 4 amide bonds. The number of nitrogens with one attached hydrogen (secondary N) is 2. The molecule has 1 atom stereocenters. The van der Waals surface area contributed by atoms with Crippen molar-refractivity contribution in [3.05, 3.63) is 46.3 Å². The lowest BCUT2D eigenvalue weighted by Gasteiger charge is -2.35. The number of thiophene rings is 1. The van der Waals surface area contributed by atoms with Crippen LogP contribution in [0, 0.1) is 0 Å². The summed E-state index contributed by atoms with van der Waals surface area (Å²) < 4.78 is 1.13. The van der Waals surface area contributed by atoms with Gasteiger partial charge in [-0.1, -0.05) is 6.07 Å². The number of aromatic nitrogens is 2. The summed E-state index contributed by atoms with van der Waals surface area (Å²) in [4.78, 5) is 67.9. The molecular formula is C28H30N8O4S. The van der Waals surface area contributed by atoms with Gasteiger partial charge in [0.05, 0.1) is 21.3 Å². The van der Waals surface area contributed by atoms with E-state index in [1.165, 1.54) is 0 Å². The number of rotatable bonds is 5. The number of nitrogens with zero attached hydrogens (tertiary/aromatic N) is 6. The van der Waals surface area contributed by atoms with Crippen LogP contribution in [0.2, 0.25) is 0 Å². The highest BCUT2D eigenvalue weighted by molar-refractivity contribution is 7.17. The molecular weight excluding hydrogens is 544 g/mol. The molecule has 13 heteroatoms. The van der Waals surface area contributed by atoms with Crippen molar-refractivity contribution >= 4 is 56.9 Å². The average Bonchev–Trinajstić information content (AvgIpc) is 3.56. The molecule has 212 valence electrons. The monoisotopic (exact) mass is 574 g/mol. The number of benzene rings is 1. The van der Waals surface area contributed by atoms with Gasteiger partial charge in [-0.2, -0.15) is 4.98 Å². The van der Waals surface area contributed by atoms with Crippen molar-refractivity contribution in [2.75, 3.05) is 62.2 Å². The first kappa shape index (κ1) is 26.0. The van der Waals surface area contributed by atoms with Crippen molar-refractivity contribution in [3.8, 4) is 0 Å². The lowest BCUT2D eigenvalue weighted by Crippen LogP contribution is -2.54. The maximum atomic E-state index is 13.2. The molecule has 3 aromatic rings. The van der Waals surface area contributed by atoms with Crippen molar-refractivity contribution in [1.82, 2.24) is 30.4 Å². The second kappa shape index (κ2) is 10.5. The summed E-state index contributed by atoms with van der Waals surface area (Å²) in [5.74, 6) is -0.165. The van der Waals surface area contributed by atoms with Crippen molar-refractivity contribution in [2.45, 2.75) is 25.4 Å². The Morgan fingerprint density at radius 1 is 0.878 bits per heavy atom. The molecule has 0 saturated carbocycles. The lowest BCUT2D eigenvalue weighted by molar-refractivity contribution is -0.136. The van der Waals surface area contributed by atoms with Gasteiger partial charge in [-0.15, -0.1) is 11.3 Å². The van der Waals surface area contributed by atoms with Crippen LogP contribution in [0.25, 0.3) is 10.2 Å². The summed E-state index contributed by atoms with van der Waals surface area (Å²) in [6, 6.07) is 6.42. The first-order valence-corrected chi connectivity index (χ1v) is 14.9. The van der Waals surface area contributed by atoms with Gasteiger partial charge in [-0.05, 0) is 35.6 Å². The number of imide groups is 2. The molecule has 1 unspecified atom stereocenters. The Morgan fingerprint density at radius 3 is 2.44 bits per heavy atom. The fourth-order valence-electron chi connectivity index (χ4n) is 6.05. The summed E-state index contributed by atoms with van der Waals surface area (Å²) in [5.41, 5.74) is 2.53. The van der Waals surface area contributed by atoms with Gasteiger partial charge in [0.2, 0.25) is 17.8 Å². The molecule has 0 radical (unpaired) electrons. The summed E-state index contributed by atoms with van der Waals surface area (Å²) in [6.45, 7) is 7.56. The predicted molar refractivity (Wildman–Crippen MR) is 153 cm³/mol. The normalized spacial score (nSPS) is 22.0. The molecule has 41 heavy (non-hydrogen) atoms. The molecule has 1 aromatic carbocycles. The molecule has 3 saturated heterocycles. The minimum Gasteiger partial charge on any atom is -0.353 e. The third kappa shape index (κ3) is 4.73. The Hall–Kier alpha value is -3.94. The maximum Gasteiger partial charge on any atom is 0.262 e. The van der Waals surface area contributed by atoms with Crippen LogP contribution in [-0.2, 0) is 16.1 Å². The second-order valence-corrected chi connectivity index (χ2v) is 11.7. The zero-order valence-corrected chi connectivity index (χ0v) is 23.3. The minimum atomic E-state index is -0.959. The van der Waals surface area contributed by atoms with Gasteiger partial charge >= 0.3 is 0 Å². The Balaban J connectivity index is 1.03. The van der Waals surface area contributed by atoms with E-state index >= 15 is 0 Å². The highest BCUT2D eigenvalue weighted by Crippen LogP contribution is 2.32. The molecule has 6 heterocycles. The number of carbonyl (C=O) groups is 4. The van der Waals surface area contributed by atoms with Crippen molar-refractivity contribution < 1.29 is 19.2 Å². The zero-order chi connectivity index (χ0) is 28.1. The van der Waals surface area contributed by atoms with Gasteiger partial charge in [0, 0.05) is 65.3 Å². The molecule has 4 aliphatic heterocycles. The van der Waals surface area contributed by atoms with Crippen LogP contribution in [0.1, 0.15) is 39.1 Å². The quantitative estimate of drug-likeness (QED) is 0.423. The summed E-state index contributed by atoms with van der Waals surface area (Å²) in [5, 5.41) is 7.71. The van der Waals surface area contributed by atoms with Crippen LogP contribution in [0.4, 0.5) is 11.8 Å². The molecule has 0 bridgehead atoms. The number of piperazine rings is 2. The van der Waals surface area contributed by atoms with E-state index in [4.69, 9.17) is 9.97 Å². The van der Waals surface area contributed by atoms with E-state index < -0.39 is 23.8 Å². The van der Waals surface area contributed by atoms with Gasteiger partial charge in [-0.3, -0.25) is 34.3 Å². The number of carbonyl (C=O) groups excluding carboxylic acids is 4. The number of hydrogen-bond acceptors (Lipinski definition) is 11. The summed E-state index contributed by atoms with van der Waals surface area (Å²) in [6.07, 6.45) is 0.247. The van der Waals surface area contributed by atoms with Crippen LogP contribution >= 0.6 is 11.3 Å². The van der Waals surface area contributed by atoms with Gasteiger partial charge in [0.25, 0.3) is 11.8 Å². The largest absolute Gasteiger partial charge is 0.353 e. The van der Waals surface area contributed by atoms with Gasteiger partial charge in [-0.25, -0.2) is 4.98 Å². The highest BCUT2D eigenvalue weighted by Gasteiger charge is 2.44. The molecule has 4 aliphatic rings. The van der Waals surface area contributed by atoms with E-state index in [0.717, 1.165) is 84.8 Å². The van der Waals surface area contributed by atoms with Gasteiger partial charge in [0.15, 0.2) is 5.82 Å². The molecule has 7 rings (SSSR count). The Labute approximate surface area is 240 Å². The van der Waals surface area contributed by atoms with E-state index in [1.54, 1.807) is 23.5 Å². The molecule has 0 spiro atoms. The SMILES string of the molecule is O=C1CCC(N2C(=O)c3ccc(CN4CCN(c5nc(N6CCNCC6)c6sccc6n5)CC4)cc3C2=O)C(=O)N1. The van der Waals surface area contributed by atoms with Crippen LogP contribution < -0.4 is 20.4 Å². The number of piperidine rings is 1. The van der Waals surface area contributed by atoms with E-state index in [0.29, 0.717) is 17.7 Å². The molecule has 12 nitrogen and oxygen atoms in total. The number of anilines is 2. The van der Waals surface area contributed by atoms with E-state index in [9.17, 15) is 19.2 Å². The Kier molecular flexibility index (Phi) is 6.64. The molecule has 0 aliphatic carbocycles. The number of fused-ring (bicyclic) bond motifs is 2. The number of amides is 4. The van der Waals surface area contributed by atoms with Crippen molar-refractivity contribution in [3.63, 3.8) is 0 Å². The molecule has 2 N–H and O–H groups in total. The first-order chi connectivity index (χ1) is 20.0. The van der Waals surface area contributed by atoms with Crippen molar-refractivity contribution in [2.24, 2.45) is 0 Å². The summed E-state index contributed by atoms with van der Waals surface area (Å²) >= 11 is 1.69. The van der Waals surface area contributed by atoms with Crippen LogP contribution in [0.15, 0.2) is 29.6 Å². The van der Waals surface area contributed by atoms with Crippen molar-refractivity contribution in [1.29, 1.82) is 0 Å². The smallest absolute Gasteiger partial charge is 0.262 e. The predicted octanol–water partition coefficient (Wildman–Crippen LogP) is 0.824. The lowest BCUT2D eigenvalue weighted by atomic mass is 10.0. The van der Waals surface area contributed by atoms with Crippen LogP contribution in [0.5, 0.6) is 0 Å². The van der Waals surface area contributed by atoms with E-state index in [2.05, 4.69) is 36.8 Å². The van der Waals surface area contributed by atoms with E-state index in [-0.39, 0.29) is 18.7 Å². The fourth-order valence-corrected chi connectivity index (χ4v) is 6.90. The third-order valence-corrected chi connectivity index (χ3v) is 9.16. The van der Waals surface area contributed by atoms with Gasteiger partial charge < -0.3 is 15.1 Å². The maximum absolute atomic E-state index is 13.2. The Bertz CT molecular complexity index is 1560. The summed E-state index contributed by atoms with van der Waals surface area (Å²) in [7, 11) is 0. The molecule has 2 aromatic heterocycles. The average molecular weight is 575 g/mol. The van der Waals surface area contributed by atoms with Crippen LogP contribution in [-0.4, -0.2) is 102 Å². The number of hydrogen-bond donors (Lipinski definition) is 2. The fraction of sp³-hybridized carbons (Fsp3) is 0.429. The van der Waals surface area contributed by atoms with Crippen LogP contribution in [0.3, 0.4) is 0 Å². The highest BCUT2D eigenvalue weighted by atomic mass is 32.1.